The van der Waals surface area contributed by atoms with Gasteiger partial charge in [-0.05, 0) is 26.0 Å². The van der Waals surface area contributed by atoms with Crippen LogP contribution in [-0.4, -0.2) is 55.5 Å². The summed E-state index contributed by atoms with van der Waals surface area (Å²) in [5.74, 6) is 0.422. The molecule has 2 aliphatic rings. The minimum absolute atomic E-state index is 0.0475. The number of carbonyl (C=O) groups is 1. The fourth-order valence-corrected chi connectivity index (χ4v) is 3.90. The van der Waals surface area contributed by atoms with E-state index in [0.717, 1.165) is 6.42 Å². The van der Waals surface area contributed by atoms with Crippen molar-refractivity contribution in [3.63, 3.8) is 0 Å². The van der Waals surface area contributed by atoms with Gasteiger partial charge in [0.2, 0.25) is 0 Å². The summed E-state index contributed by atoms with van der Waals surface area (Å²) in [7, 11) is 0. The normalized spacial score (nSPS) is 26.1. The Kier molecular flexibility index (Phi) is 5.63. The van der Waals surface area contributed by atoms with Gasteiger partial charge < -0.3 is 24.4 Å². The SMILES string of the molecule is CCOc1c(Cl)cc(NC(=O)N2CC(C)OC3(CCOC3)C2)cc1Cl. The molecule has 2 heterocycles. The van der Waals surface area contributed by atoms with Crippen LogP contribution in [0.4, 0.5) is 10.5 Å². The number of ether oxygens (including phenoxy) is 3. The lowest BCUT2D eigenvalue weighted by molar-refractivity contribution is -0.136. The molecule has 3 rings (SSSR count). The van der Waals surface area contributed by atoms with Gasteiger partial charge in [-0.15, -0.1) is 0 Å². The molecule has 2 atom stereocenters. The molecule has 25 heavy (non-hydrogen) atoms. The standard InChI is InChI=1S/C17H22Cl2N2O4/c1-3-24-15-13(18)6-12(7-14(15)19)20-16(22)21-8-11(2)25-17(9-21)4-5-23-10-17/h6-7,11H,3-5,8-10H2,1-2H3,(H,20,22). The second-order valence-corrected chi connectivity index (χ2v) is 7.24. The molecule has 2 unspecified atom stereocenters. The van der Waals surface area contributed by atoms with E-state index in [1.807, 2.05) is 13.8 Å². The predicted molar refractivity (Wildman–Crippen MR) is 96.9 cm³/mol. The molecule has 2 saturated heterocycles. The molecular weight excluding hydrogens is 367 g/mol. The van der Waals surface area contributed by atoms with Crippen LogP contribution in [0.2, 0.25) is 10.0 Å². The molecule has 1 N–H and O–H groups in total. The van der Waals surface area contributed by atoms with Crippen molar-refractivity contribution < 1.29 is 19.0 Å². The largest absolute Gasteiger partial charge is 0.491 e. The number of nitrogens with zero attached hydrogens (tertiary/aromatic N) is 1. The highest BCUT2D eigenvalue weighted by Gasteiger charge is 2.44. The number of carbonyl (C=O) groups excluding carboxylic acids is 1. The van der Waals surface area contributed by atoms with Crippen LogP contribution in [0.25, 0.3) is 0 Å². The zero-order valence-electron chi connectivity index (χ0n) is 14.3. The quantitative estimate of drug-likeness (QED) is 0.854. The first-order valence-electron chi connectivity index (χ1n) is 8.36. The van der Waals surface area contributed by atoms with Gasteiger partial charge in [-0.1, -0.05) is 23.2 Å². The number of amides is 2. The maximum atomic E-state index is 12.7. The van der Waals surface area contributed by atoms with Gasteiger partial charge in [0.1, 0.15) is 5.60 Å². The number of urea groups is 1. The summed E-state index contributed by atoms with van der Waals surface area (Å²) in [4.78, 5) is 14.4. The number of benzene rings is 1. The summed E-state index contributed by atoms with van der Waals surface area (Å²) < 4.78 is 16.9. The predicted octanol–water partition coefficient (Wildman–Crippen LogP) is 3.80. The lowest BCUT2D eigenvalue weighted by Gasteiger charge is -2.42. The highest BCUT2D eigenvalue weighted by molar-refractivity contribution is 6.37. The summed E-state index contributed by atoms with van der Waals surface area (Å²) >= 11 is 12.4. The molecule has 1 aromatic carbocycles. The van der Waals surface area contributed by atoms with Gasteiger partial charge in [0.15, 0.2) is 5.75 Å². The Morgan fingerprint density at radius 3 is 2.76 bits per heavy atom. The highest BCUT2D eigenvalue weighted by Crippen LogP contribution is 2.36. The van der Waals surface area contributed by atoms with E-state index in [0.29, 0.717) is 54.4 Å². The van der Waals surface area contributed by atoms with Gasteiger partial charge in [0, 0.05) is 25.3 Å². The van der Waals surface area contributed by atoms with Gasteiger partial charge in [0.05, 0.1) is 35.9 Å². The molecule has 6 nitrogen and oxygen atoms in total. The minimum Gasteiger partial charge on any atom is -0.491 e. The molecule has 0 radical (unpaired) electrons. The summed E-state index contributed by atoms with van der Waals surface area (Å²) in [5, 5.41) is 3.58. The van der Waals surface area contributed by atoms with Gasteiger partial charge in [-0.2, -0.15) is 0 Å². The molecule has 1 aromatic rings. The Labute approximate surface area is 157 Å². The van der Waals surface area contributed by atoms with Gasteiger partial charge in [-0.3, -0.25) is 0 Å². The van der Waals surface area contributed by atoms with Crippen LogP contribution in [0.3, 0.4) is 0 Å². The molecule has 0 aromatic heterocycles. The average molecular weight is 389 g/mol. The summed E-state index contributed by atoms with van der Waals surface area (Å²) in [5.41, 5.74) is 0.127. The highest BCUT2D eigenvalue weighted by atomic mass is 35.5. The van der Waals surface area contributed by atoms with Crippen LogP contribution in [-0.2, 0) is 9.47 Å². The van der Waals surface area contributed by atoms with Crippen LogP contribution >= 0.6 is 23.2 Å². The van der Waals surface area contributed by atoms with E-state index >= 15 is 0 Å². The number of halogens is 2. The van der Waals surface area contributed by atoms with Crippen molar-refractivity contribution in [2.24, 2.45) is 0 Å². The maximum Gasteiger partial charge on any atom is 0.322 e. The zero-order chi connectivity index (χ0) is 18.0. The molecule has 2 fully saturated rings. The van der Waals surface area contributed by atoms with E-state index in [-0.39, 0.29) is 12.1 Å². The molecule has 8 heteroatoms. The molecule has 2 aliphatic heterocycles. The first-order valence-corrected chi connectivity index (χ1v) is 9.11. The van der Waals surface area contributed by atoms with E-state index in [2.05, 4.69) is 5.32 Å². The molecule has 138 valence electrons. The number of hydrogen-bond donors (Lipinski definition) is 1. The topological polar surface area (TPSA) is 60.0 Å². The van der Waals surface area contributed by atoms with Crippen molar-refractivity contribution in [1.29, 1.82) is 0 Å². The van der Waals surface area contributed by atoms with E-state index < -0.39 is 5.60 Å². The van der Waals surface area contributed by atoms with Crippen LogP contribution in [0.15, 0.2) is 12.1 Å². The maximum absolute atomic E-state index is 12.7. The average Bonchev–Trinajstić information content (AvgIpc) is 2.97. The van der Waals surface area contributed by atoms with E-state index in [4.69, 9.17) is 37.4 Å². The molecule has 2 amide bonds. The minimum atomic E-state index is -0.400. The van der Waals surface area contributed by atoms with Crippen molar-refractivity contribution in [1.82, 2.24) is 4.90 Å². The van der Waals surface area contributed by atoms with Crippen LogP contribution in [0.1, 0.15) is 20.3 Å². The monoisotopic (exact) mass is 388 g/mol. The van der Waals surface area contributed by atoms with E-state index in [9.17, 15) is 4.79 Å². The third kappa shape index (κ3) is 4.14. The van der Waals surface area contributed by atoms with Gasteiger partial charge in [0.25, 0.3) is 0 Å². The number of anilines is 1. The second kappa shape index (κ2) is 7.58. The van der Waals surface area contributed by atoms with Gasteiger partial charge >= 0.3 is 6.03 Å². The Hall–Kier alpha value is -1.21. The summed E-state index contributed by atoms with van der Waals surface area (Å²) in [6, 6.07) is 3.06. The first-order chi connectivity index (χ1) is 11.9. The number of nitrogens with one attached hydrogen (secondary N) is 1. The molecule has 0 bridgehead atoms. The number of morpholine rings is 1. The first kappa shape index (κ1) is 18.6. The Morgan fingerprint density at radius 1 is 1.44 bits per heavy atom. The lowest BCUT2D eigenvalue weighted by atomic mass is 9.99. The van der Waals surface area contributed by atoms with Crippen molar-refractivity contribution in [2.45, 2.75) is 32.0 Å². The summed E-state index contributed by atoms with van der Waals surface area (Å²) in [6.07, 6.45) is 0.746. The van der Waals surface area contributed by atoms with Crippen LogP contribution in [0.5, 0.6) is 5.75 Å². The Bertz CT molecular complexity index is 627. The Balaban J connectivity index is 1.71. The number of rotatable bonds is 3. The van der Waals surface area contributed by atoms with E-state index in [1.54, 1.807) is 17.0 Å². The molecule has 0 saturated carbocycles. The van der Waals surface area contributed by atoms with Crippen LogP contribution in [0, 0.1) is 0 Å². The van der Waals surface area contributed by atoms with Crippen molar-refractivity contribution in [3.05, 3.63) is 22.2 Å². The molecule has 0 aliphatic carbocycles. The second-order valence-electron chi connectivity index (χ2n) is 6.43. The Morgan fingerprint density at radius 2 is 2.16 bits per heavy atom. The van der Waals surface area contributed by atoms with Crippen molar-refractivity contribution in [2.75, 3.05) is 38.2 Å². The molecular formula is C17H22Cl2N2O4. The van der Waals surface area contributed by atoms with E-state index in [1.165, 1.54) is 0 Å². The van der Waals surface area contributed by atoms with Crippen LogP contribution < -0.4 is 10.1 Å². The lowest BCUT2D eigenvalue weighted by Crippen LogP contribution is -2.57. The fourth-order valence-electron chi connectivity index (χ4n) is 3.30. The molecule has 1 spiro atoms. The zero-order valence-corrected chi connectivity index (χ0v) is 15.8. The third-order valence-electron chi connectivity index (χ3n) is 4.30. The third-order valence-corrected chi connectivity index (χ3v) is 4.86. The van der Waals surface area contributed by atoms with Crippen molar-refractivity contribution >= 4 is 34.9 Å². The van der Waals surface area contributed by atoms with Gasteiger partial charge in [-0.25, -0.2) is 4.79 Å². The fraction of sp³-hybridized carbons (Fsp3) is 0.588. The smallest absolute Gasteiger partial charge is 0.322 e. The number of hydrogen-bond acceptors (Lipinski definition) is 4. The summed E-state index contributed by atoms with van der Waals surface area (Å²) in [6.45, 7) is 6.47. The van der Waals surface area contributed by atoms with Crippen molar-refractivity contribution in [3.8, 4) is 5.75 Å².